The number of nitrogens with one attached hydrogen (secondary N) is 2. The summed E-state index contributed by atoms with van der Waals surface area (Å²) in [5, 5.41) is 6.12. The fourth-order valence-electron chi connectivity index (χ4n) is 1.86. The normalized spacial score (nSPS) is 10.0. The van der Waals surface area contributed by atoms with E-state index in [4.69, 9.17) is 21.7 Å². The van der Waals surface area contributed by atoms with E-state index < -0.39 is 0 Å². The minimum atomic E-state index is -0.345. The van der Waals surface area contributed by atoms with Crippen LogP contribution in [0.4, 0.5) is 10.1 Å². The number of halogens is 1. The van der Waals surface area contributed by atoms with Crippen molar-refractivity contribution in [3.63, 3.8) is 0 Å². The van der Waals surface area contributed by atoms with E-state index in [9.17, 15) is 4.39 Å². The number of rotatable bonds is 7. The lowest BCUT2D eigenvalue weighted by atomic mass is 10.3. The summed E-state index contributed by atoms with van der Waals surface area (Å²) in [4.78, 5) is 0. The van der Waals surface area contributed by atoms with Crippen molar-refractivity contribution >= 4 is 23.0 Å². The fraction of sp³-hybridized carbons (Fsp3) is 0.235. The highest BCUT2D eigenvalue weighted by Crippen LogP contribution is 2.17. The zero-order chi connectivity index (χ0) is 16.5. The smallest absolute Gasteiger partial charge is 0.170 e. The summed E-state index contributed by atoms with van der Waals surface area (Å²) >= 11 is 5.11. The van der Waals surface area contributed by atoms with Crippen molar-refractivity contribution in [2.75, 3.05) is 25.1 Å². The third-order valence-corrected chi connectivity index (χ3v) is 3.16. The molecule has 0 spiro atoms. The van der Waals surface area contributed by atoms with Crippen LogP contribution >= 0.6 is 12.2 Å². The number of hydrogen-bond acceptors (Lipinski definition) is 3. The summed E-state index contributed by atoms with van der Waals surface area (Å²) in [6, 6.07) is 13.8. The zero-order valence-corrected chi connectivity index (χ0v) is 13.7. The highest BCUT2D eigenvalue weighted by molar-refractivity contribution is 7.80. The summed E-state index contributed by atoms with van der Waals surface area (Å²) in [5.74, 6) is 1.22. The van der Waals surface area contributed by atoms with Crippen molar-refractivity contribution in [2.24, 2.45) is 0 Å². The Morgan fingerprint density at radius 1 is 1.04 bits per heavy atom. The molecule has 0 aliphatic heterocycles. The molecule has 0 atom stereocenters. The van der Waals surface area contributed by atoms with Crippen LogP contribution in [0.25, 0.3) is 0 Å². The second-order valence-corrected chi connectivity index (χ2v) is 5.02. The molecule has 0 amide bonds. The largest absolute Gasteiger partial charge is 0.494 e. The monoisotopic (exact) mass is 334 g/mol. The first-order valence-electron chi connectivity index (χ1n) is 7.34. The van der Waals surface area contributed by atoms with Gasteiger partial charge < -0.3 is 20.1 Å². The summed E-state index contributed by atoms with van der Waals surface area (Å²) in [5.41, 5.74) is 0.345. The first kappa shape index (κ1) is 17.0. The van der Waals surface area contributed by atoms with Crippen molar-refractivity contribution in [1.82, 2.24) is 5.32 Å². The molecule has 0 saturated heterocycles. The molecule has 0 fully saturated rings. The molecule has 4 nitrogen and oxygen atoms in total. The maximum atomic E-state index is 13.5. The quantitative estimate of drug-likeness (QED) is 0.598. The molecule has 0 aliphatic carbocycles. The van der Waals surface area contributed by atoms with Crippen LogP contribution in [0.15, 0.2) is 48.5 Å². The number of benzene rings is 2. The van der Waals surface area contributed by atoms with Crippen LogP contribution in [0.2, 0.25) is 0 Å². The maximum absolute atomic E-state index is 13.5. The van der Waals surface area contributed by atoms with Crippen LogP contribution in [0.1, 0.15) is 6.92 Å². The molecule has 0 heterocycles. The van der Waals surface area contributed by atoms with Crippen LogP contribution in [-0.4, -0.2) is 24.9 Å². The molecule has 0 aliphatic rings. The minimum Gasteiger partial charge on any atom is -0.494 e. The third-order valence-electron chi connectivity index (χ3n) is 2.91. The van der Waals surface area contributed by atoms with Gasteiger partial charge in [-0.2, -0.15) is 0 Å². The van der Waals surface area contributed by atoms with Gasteiger partial charge in [0.2, 0.25) is 0 Å². The Labute approximate surface area is 140 Å². The maximum Gasteiger partial charge on any atom is 0.170 e. The number of ether oxygens (including phenoxy) is 2. The van der Waals surface area contributed by atoms with E-state index in [1.807, 2.05) is 31.2 Å². The summed E-state index contributed by atoms with van der Waals surface area (Å²) < 4.78 is 24.4. The average molecular weight is 334 g/mol. The SMILES string of the molecule is CCOc1ccc(OCCNC(=S)Nc2ccccc2F)cc1. The number of hydrogen-bond donors (Lipinski definition) is 2. The van der Waals surface area contributed by atoms with E-state index in [1.165, 1.54) is 6.07 Å². The van der Waals surface area contributed by atoms with Crippen LogP contribution in [-0.2, 0) is 0 Å². The van der Waals surface area contributed by atoms with Gasteiger partial charge >= 0.3 is 0 Å². The second-order valence-electron chi connectivity index (χ2n) is 4.61. The van der Waals surface area contributed by atoms with Gasteiger partial charge in [-0.15, -0.1) is 0 Å². The lowest BCUT2D eigenvalue weighted by Gasteiger charge is -2.12. The second kappa shape index (κ2) is 8.95. The fourth-order valence-corrected chi connectivity index (χ4v) is 2.07. The van der Waals surface area contributed by atoms with E-state index in [0.717, 1.165) is 11.5 Å². The zero-order valence-electron chi connectivity index (χ0n) is 12.8. The van der Waals surface area contributed by atoms with E-state index in [0.29, 0.717) is 30.6 Å². The van der Waals surface area contributed by atoms with Crippen molar-refractivity contribution in [2.45, 2.75) is 6.92 Å². The molecule has 2 N–H and O–H groups in total. The lowest BCUT2D eigenvalue weighted by molar-refractivity contribution is 0.319. The Bertz CT molecular complexity index is 635. The van der Waals surface area contributed by atoms with Gasteiger partial charge in [-0.05, 0) is 55.5 Å². The Balaban J connectivity index is 1.68. The molecule has 2 rings (SSSR count). The van der Waals surface area contributed by atoms with Crippen LogP contribution in [0, 0.1) is 5.82 Å². The van der Waals surface area contributed by atoms with Crippen LogP contribution < -0.4 is 20.1 Å². The predicted molar refractivity (Wildman–Crippen MR) is 93.7 cm³/mol. The molecule has 0 radical (unpaired) electrons. The van der Waals surface area contributed by atoms with Gasteiger partial charge in [0, 0.05) is 0 Å². The topological polar surface area (TPSA) is 42.5 Å². The van der Waals surface area contributed by atoms with Gasteiger partial charge in [0.1, 0.15) is 23.9 Å². The molecule has 0 bridgehead atoms. The van der Waals surface area contributed by atoms with Crippen molar-refractivity contribution in [3.8, 4) is 11.5 Å². The molecule has 23 heavy (non-hydrogen) atoms. The van der Waals surface area contributed by atoms with E-state index in [2.05, 4.69) is 10.6 Å². The van der Waals surface area contributed by atoms with Gasteiger partial charge in [0.05, 0.1) is 18.8 Å². The highest BCUT2D eigenvalue weighted by Gasteiger charge is 2.02. The van der Waals surface area contributed by atoms with Gasteiger partial charge in [0.25, 0.3) is 0 Å². The van der Waals surface area contributed by atoms with E-state index in [-0.39, 0.29) is 5.82 Å². The van der Waals surface area contributed by atoms with Crippen LogP contribution in [0.5, 0.6) is 11.5 Å². The molecular formula is C17H19FN2O2S. The summed E-state index contributed by atoms with van der Waals surface area (Å²) in [6.45, 7) is 3.52. The first-order valence-corrected chi connectivity index (χ1v) is 7.75. The molecule has 2 aromatic rings. The van der Waals surface area contributed by atoms with Crippen molar-refractivity contribution in [3.05, 3.63) is 54.3 Å². The third kappa shape index (κ3) is 5.75. The Hall–Kier alpha value is -2.34. The standard InChI is InChI=1S/C17H19FN2O2S/c1-2-21-13-7-9-14(10-8-13)22-12-11-19-17(23)20-16-6-4-3-5-15(16)18/h3-10H,2,11-12H2,1H3,(H2,19,20,23). The minimum absolute atomic E-state index is 0.345. The van der Waals surface area contributed by atoms with Gasteiger partial charge in [0.15, 0.2) is 5.11 Å². The number of anilines is 1. The number of thiocarbonyl (C=S) groups is 1. The Kier molecular flexibility index (Phi) is 6.62. The van der Waals surface area contributed by atoms with Gasteiger partial charge in [-0.25, -0.2) is 4.39 Å². The first-order chi connectivity index (χ1) is 11.2. The van der Waals surface area contributed by atoms with Gasteiger partial charge in [-0.3, -0.25) is 0 Å². The van der Waals surface area contributed by atoms with E-state index in [1.54, 1.807) is 18.2 Å². The molecule has 0 unspecified atom stereocenters. The van der Waals surface area contributed by atoms with Crippen molar-refractivity contribution < 1.29 is 13.9 Å². The van der Waals surface area contributed by atoms with Crippen molar-refractivity contribution in [1.29, 1.82) is 0 Å². The summed E-state index contributed by atoms with van der Waals surface area (Å²) in [6.07, 6.45) is 0. The molecule has 0 aromatic heterocycles. The van der Waals surface area contributed by atoms with Gasteiger partial charge in [-0.1, -0.05) is 12.1 Å². The van der Waals surface area contributed by atoms with Crippen LogP contribution in [0.3, 0.4) is 0 Å². The Morgan fingerprint density at radius 2 is 1.70 bits per heavy atom. The molecule has 0 saturated carbocycles. The summed E-state index contributed by atoms with van der Waals surface area (Å²) in [7, 11) is 0. The highest BCUT2D eigenvalue weighted by atomic mass is 32.1. The molecule has 2 aromatic carbocycles. The molecule has 6 heteroatoms. The average Bonchev–Trinajstić information content (AvgIpc) is 2.55. The number of para-hydroxylation sites is 1. The Morgan fingerprint density at radius 3 is 2.35 bits per heavy atom. The predicted octanol–water partition coefficient (Wildman–Crippen LogP) is 3.59. The van der Waals surface area contributed by atoms with E-state index >= 15 is 0 Å². The molecular weight excluding hydrogens is 315 g/mol. The molecule has 122 valence electrons. The lowest BCUT2D eigenvalue weighted by Crippen LogP contribution is -2.32.